The number of pyridine rings is 1. The second kappa shape index (κ2) is 5.88. The van der Waals surface area contributed by atoms with Gasteiger partial charge in [0.15, 0.2) is 0 Å². The molecule has 1 amide bonds. The number of carbonyl (C=O) groups is 1. The van der Waals surface area contributed by atoms with E-state index >= 15 is 0 Å². The molecule has 1 heterocycles. The molecule has 0 spiro atoms. The summed E-state index contributed by atoms with van der Waals surface area (Å²) in [6.07, 6.45) is 0. The standard InChI is InChI=1S/C14H13ClFN3O/c1-19(8-9-2-4-10(16)5-3-9)14(20)13-11(15)6-7-12(17)18-13/h2-7H,8H2,1H3,(H2,17,18). The van der Waals surface area contributed by atoms with Crippen molar-refractivity contribution in [2.24, 2.45) is 0 Å². The lowest BCUT2D eigenvalue weighted by atomic mass is 10.2. The first-order chi connectivity index (χ1) is 9.47. The first-order valence-corrected chi connectivity index (χ1v) is 6.27. The van der Waals surface area contributed by atoms with E-state index in [1.807, 2.05) is 0 Å². The smallest absolute Gasteiger partial charge is 0.274 e. The number of carbonyl (C=O) groups excluding carboxylic acids is 1. The van der Waals surface area contributed by atoms with E-state index in [9.17, 15) is 9.18 Å². The number of nitrogens with zero attached hydrogens (tertiary/aromatic N) is 2. The number of anilines is 1. The molecule has 20 heavy (non-hydrogen) atoms. The van der Waals surface area contributed by atoms with Gasteiger partial charge in [0.2, 0.25) is 0 Å². The minimum atomic E-state index is -0.341. The van der Waals surface area contributed by atoms with Gasteiger partial charge in [0.25, 0.3) is 5.91 Å². The molecular weight excluding hydrogens is 281 g/mol. The Balaban J connectivity index is 2.16. The summed E-state index contributed by atoms with van der Waals surface area (Å²) >= 11 is 5.94. The predicted molar refractivity (Wildman–Crippen MR) is 75.9 cm³/mol. The lowest BCUT2D eigenvalue weighted by Crippen LogP contribution is -2.27. The van der Waals surface area contributed by atoms with E-state index in [0.717, 1.165) is 5.56 Å². The maximum absolute atomic E-state index is 12.8. The number of aromatic nitrogens is 1. The molecule has 0 fully saturated rings. The molecule has 2 aromatic rings. The zero-order chi connectivity index (χ0) is 14.7. The molecule has 104 valence electrons. The van der Waals surface area contributed by atoms with Crippen molar-refractivity contribution in [2.75, 3.05) is 12.8 Å². The molecule has 0 aliphatic carbocycles. The van der Waals surface area contributed by atoms with Crippen molar-refractivity contribution in [3.8, 4) is 0 Å². The van der Waals surface area contributed by atoms with Gasteiger partial charge >= 0.3 is 0 Å². The van der Waals surface area contributed by atoms with E-state index in [1.165, 1.54) is 29.2 Å². The zero-order valence-electron chi connectivity index (χ0n) is 10.8. The van der Waals surface area contributed by atoms with Crippen LogP contribution in [0.15, 0.2) is 36.4 Å². The van der Waals surface area contributed by atoms with Crippen LogP contribution in [0.25, 0.3) is 0 Å². The molecule has 2 rings (SSSR count). The minimum Gasteiger partial charge on any atom is -0.384 e. The van der Waals surface area contributed by atoms with Crippen molar-refractivity contribution in [2.45, 2.75) is 6.54 Å². The Kier molecular flexibility index (Phi) is 4.20. The monoisotopic (exact) mass is 293 g/mol. The number of benzene rings is 1. The third-order valence-electron chi connectivity index (χ3n) is 2.75. The van der Waals surface area contributed by atoms with E-state index in [4.69, 9.17) is 17.3 Å². The number of hydrogen-bond donors (Lipinski definition) is 1. The summed E-state index contributed by atoms with van der Waals surface area (Å²) in [5.74, 6) is -0.428. The Labute approximate surface area is 121 Å². The van der Waals surface area contributed by atoms with Gasteiger partial charge in [0, 0.05) is 13.6 Å². The lowest BCUT2D eigenvalue weighted by molar-refractivity contribution is 0.0779. The Morgan fingerprint density at radius 3 is 2.60 bits per heavy atom. The van der Waals surface area contributed by atoms with Gasteiger partial charge in [-0.05, 0) is 29.8 Å². The van der Waals surface area contributed by atoms with E-state index in [0.29, 0.717) is 6.54 Å². The minimum absolute atomic E-state index is 0.108. The molecule has 2 N–H and O–H groups in total. The molecule has 4 nitrogen and oxygen atoms in total. The van der Waals surface area contributed by atoms with E-state index < -0.39 is 0 Å². The van der Waals surface area contributed by atoms with Gasteiger partial charge in [0.1, 0.15) is 17.3 Å². The molecule has 0 atom stereocenters. The summed E-state index contributed by atoms with van der Waals surface area (Å²) in [7, 11) is 1.62. The van der Waals surface area contributed by atoms with E-state index in [2.05, 4.69) is 4.98 Å². The van der Waals surface area contributed by atoms with Crippen molar-refractivity contribution < 1.29 is 9.18 Å². The number of nitrogens with two attached hydrogens (primary N) is 1. The molecule has 6 heteroatoms. The summed E-state index contributed by atoms with van der Waals surface area (Å²) in [6.45, 7) is 0.325. The molecule has 0 saturated heterocycles. The van der Waals surface area contributed by atoms with E-state index in [1.54, 1.807) is 19.2 Å². The largest absolute Gasteiger partial charge is 0.384 e. The van der Waals surface area contributed by atoms with Crippen LogP contribution in [-0.2, 0) is 6.54 Å². The van der Waals surface area contributed by atoms with Gasteiger partial charge in [-0.1, -0.05) is 23.7 Å². The van der Waals surface area contributed by atoms with Gasteiger partial charge in [-0.2, -0.15) is 0 Å². The molecule has 1 aromatic carbocycles. The van der Waals surface area contributed by atoms with Crippen LogP contribution in [0.2, 0.25) is 5.02 Å². The van der Waals surface area contributed by atoms with Crippen molar-refractivity contribution in [1.82, 2.24) is 9.88 Å². The second-order valence-corrected chi connectivity index (χ2v) is 4.76. The molecule has 0 saturated carbocycles. The van der Waals surface area contributed by atoms with Crippen molar-refractivity contribution in [1.29, 1.82) is 0 Å². The van der Waals surface area contributed by atoms with Crippen LogP contribution in [0.4, 0.5) is 10.2 Å². The second-order valence-electron chi connectivity index (χ2n) is 4.35. The fraction of sp³-hybridized carbons (Fsp3) is 0.143. The first-order valence-electron chi connectivity index (χ1n) is 5.89. The molecule has 1 aromatic heterocycles. The maximum Gasteiger partial charge on any atom is 0.274 e. The number of halogens is 2. The van der Waals surface area contributed by atoms with Crippen LogP contribution in [0, 0.1) is 5.82 Å². The SMILES string of the molecule is CN(Cc1ccc(F)cc1)C(=O)c1nc(N)ccc1Cl. The van der Waals surface area contributed by atoms with Crippen molar-refractivity contribution in [3.63, 3.8) is 0 Å². The topological polar surface area (TPSA) is 59.2 Å². The van der Waals surface area contributed by atoms with Crippen LogP contribution < -0.4 is 5.73 Å². The number of hydrogen-bond acceptors (Lipinski definition) is 3. The van der Waals surface area contributed by atoms with Crippen LogP contribution >= 0.6 is 11.6 Å². The van der Waals surface area contributed by atoms with E-state index in [-0.39, 0.29) is 28.3 Å². The Bertz CT molecular complexity index is 631. The normalized spacial score (nSPS) is 10.3. The van der Waals surface area contributed by atoms with Crippen LogP contribution in [0.5, 0.6) is 0 Å². The average Bonchev–Trinajstić information content (AvgIpc) is 2.43. The Hall–Kier alpha value is -2.14. The molecule has 0 unspecified atom stereocenters. The van der Waals surface area contributed by atoms with Gasteiger partial charge in [-0.3, -0.25) is 4.79 Å². The van der Waals surface area contributed by atoms with Crippen LogP contribution in [-0.4, -0.2) is 22.8 Å². The summed E-state index contributed by atoms with van der Waals surface area (Å²) in [5, 5.41) is 0.246. The van der Waals surface area contributed by atoms with Gasteiger partial charge in [0.05, 0.1) is 5.02 Å². The molecule has 0 aliphatic rings. The van der Waals surface area contributed by atoms with Crippen LogP contribution in [0.1, 0.15) is 16.1 Å². The molecule has 0 aliphatic heterocycles. The van der Waals surface area contributed by atoms with Gasteiger partial charge < -0.3 is 10.6 Å². The van der Waals surface area contributed by atoms with Crippen molar-refractivity contribution in [3.05, 3.63) is 58.5 Å². The summed E-state index contributed by atoms with van der Waals surface area (Å²) in [5.41, 5.74) is 6.47. The van der Waals surface area contributed by atoms with Gasteiger partial charge in [-0.15, -0.1) is 0 Å². The third-order valence-corrected chi connectivity index (χ3v) is 3.05. The Morgan fingerprint density at radius 2 is 1.95 bits per heavy atom. The zero-order valence-corrected chi connectivity index (χ0v) is 11.6. The van der Waals surface area contributed by atoms with Crippen LogP contribution in [0.3, 0.4) is 0 Å². The lowest BCUT2D eigenvalue weighted by Gasteiger charge is -2.17. The molecule has 0 radical (unpaired) electrons. The number of nitrogen functional groups attached to an aromatic ring is 1. The highest BCUT2D eigenvalue weighted by Gasteiger charge is 2.17. The summed E-state index contributed by atoms with van der Waals surface area (Å²) < 4.78 is 12.8. The highest BCUT2D eigenvalue weighted by atomic mass is 35.5. The summed E-state index contributed by atoms with van der Waals surface area (Å²) in [6, 6.07) is 8.99. The first kappa shape index (κ1) is 14.3. The third kappa shape index (κ3) is 3.24. The van der Waals surface area contributed by atoms with Crippen molar-refractivity contribution >= 4 is 23.3 Å². The highest BCUT2D eigenvalue weighted by molar-refractivity contribution is 6.33. The number of rotatable bonds is 3. The number of amides is 1. The fourth-order valence-corrected chi connectivity index (χ4v) is 1.91. The predicted octanol–water partition coefficient (Wildman–Crippen LogP) is 2.73. The summed E-state index contributed by atoms with van der Waals surface area (Å²) in [4.78, 5) is 17.6. The maximum atomic E-state index is 12.8. The average molecular weight is 294 g/mol. The highest BCUT2D eigenvalue weighted by Crippen LogP contribution is 2.17. The van der Waals surface area contributed by atoms with Gasteiger partial charge in [-0.25, -0.2) is 9.37 Å². The molecular formula is C14H13ClFN3O. The quantitative estimate of drug-likeness (QED) is 0.946. The Morgan fingerprint density at radius 1 is 1.30 bits per heavy atom. The fourth-order valence-electron chi connectivity index (χ4n) is 1.72. The molecule has 0 bridgehead atoms.